The molecule has 3 heteroatoms. The molecular formula is C38H62O3. The second kappa shape index (κ2) is 9.92. The van der Waals surface area contributed by atoms with Gasteiger partial charge < -0.3 is 14.3 Å². The predicted octanol–water partition coefficient (Wildman–Crippen LogP) is 9.64. The Labute approximate surface area is 252 Å². The molecule has 14 atom stereocenters. The summed E-state index contributed by atoms with van der Waals surface area (Å²) < 4.78 is 13.4. The minimum Gasteiger partial charge on any atom is -0.349 e. The van der Waals surface area contributed by atoms with Gasteiger partial charge in [-0.05, 0) is 128 Å². The maximum absolute atomic E-state index is 12.7. The number of aldehydes is 1. The molecule has 0 aromatic rings. The third-order valence-electron chi connectivity index (χ3n) is 16.0. The zero-order valence-corrected chi connectivity index (χ0v) is 28.2. The first-order chi connectivity index (χ1) is 19.1. The summed E-state index contributed by atoms with van der Waals surface area (Å²) in [6.07, 6.45) is 16.6. The van der Waals surface area contributed by atoms with Crippen molar-refractivity contribution in [2.45, 2.75) is 152 Å². The van der Waals surface area contributed by atoms with E-state index in [0.717, 1.165) is 19.3 Å². The lowest BCUT2D eigenvalue weighted by atomic mass is 9.34. The zero-order valence-electron chi connectivity index (χ0n) is 28.2. The Bertz CT molecular complexity index is 1060. The standard InChI is InChI=1S/C38H62O3/c1-23-24(2)27(5)40-33(25(23)3)41-31-14-15-35(8)28(26(31)4)13-16-37(10)32(35)12-11-29-30-21-34(6,7)17-19-38(30,22-39)20-18-36(29,37)9/h11,22-28,30-33H,12-21H2,1-10H3/t23-,24-,25?,26?,27?,28-,30?,31-,32?,33-,35?,36+,37?,38+/m0/s1. The Morgan fingerprint density at radius 3 is 2.24 bits per heavy atom. The van der Waals surface area contributed by atoms with Crippen LogP contribution in [0.25, 0.3) is 0 Å². The molecule has 41 heavy (non-hydrogen) atoms. The fourth-order valence-electron chi connectivity index (χ4n) is 12.2. The van der Waals surface area contributed by atoms with Crippen molar-refractivity contribution < 1.29 is 14.3 Å². The average Bonchev–Trinajstić information content (AvgIpc) is 2.92. The van der Waals surface area contributed by atoms with Crippen molar-refractivity contribution in [2.75, 3.05) is 0 Å². The maximum Gasteiger partial charge on any atom is 0.161 e. The fourth-order valence-corrected chi connectivity index (χ4v) is 12.2. The molecule has 5 aliphatic carbocycles. The van der Waals surface area contributed by atoms with Gasteiger partial charge in [-0.3, -0.25) is 0 Å². The highest BCUT2D eigenvalue weighted by Crippen LogP contribution is 2.74. The summed E-state index contributed by atoms with van der Waals surface area (Å²) in [4.78, 5) is 12.7. The molecule has 6 aliphatic rings. The van der Waals surface area contributed by atoms with Crippen molar-refractivity contribution in [3.8, 4) is 0 Å². The van der Waals surface area contributed by atoms with Crippen LogP contribution in [0.3, 0.4) is 0 Å². The third kappa shape index (κ3) is 4.27. The number of ether oxygens (including phenoxy) is 2. The summed E-state index contributed by atoms with van der Waals surface area (Å²) >= 11 is 0. The molecule has 4 saturated carbocycles. The van der Waals surface area contributed by atoms with Crippen LogP contribution in [0, 0.1) is 68.5 Å². The summed E-state index contributed by atoms with van der Waals surface area (Å²) in [5, 5.41) is 0. The highest BCUT2D eigenvalue weighted by molar-refractivity contribution is 5.63. The highest BCUT2D eigenvalue weighted by Gasteiger charge is 2.67. The van der Waals surface area contributed by atoms with E-state index in [9.17, 15) is 4.79 Å². The first-order valence-electron chi connectivity index (χ1n) is 17.6. The van der Waals surface area contributed by atoms with Gasteiger partial charge in [0.2, 0.25) is 0 Å². The third-order valence-corrected chi connectivity index (χ3v) is 16.0. The Kier molecular flexibility index (Phi) is 7.34. The van der Waals surface area contributed by atoms with Crippen LogP contribution in [0.15, 0.2) is 11.6 Å². The lowest BCUT2D eigenvalue weighted by molar-refractivity contribution is -0.281. The van der Waals surface area contributed by atoms with Gasteiger partial charge in [0, 0.05) is 11.3 Å². The van der Waals surface area contributed by atoms with Crippen LogP contribution >= 0.6 is 0 Å². The molecule has 0 aromatic carbocycles. The van der Waals surface area contributed by atoms with E-state index in [1.165, 1.54) is 51.2 Å². The van der Waals surface area contributed by atoms with Gasteiger partial charge in [-0.2, -0.15) is 0 Å². The molecule has 5 fully saturated rings. The number of hydrogen-bond acceptors (Lipinski definition) is 3. The summed E-state index contributed by atoms with van der Waals surface area (Å²) in [5.41, 5.74) is 2.76. The topological polar surface area (TPSA) is 35.5 Å². The molecule has 1 aliphatic heterocycles. The zero-order chi connectivity index (χ0) is 29.8. The molecule has 0 amide bonds. The van der Waals surface area contributed by atoms with E-state index >= 15 is 0 Å². The van der Waals surface area contributed by atoms with E-state index in [2.05, 4.69) is 75.3 Å². The largest absolute Gasteiger partial charge is 0.349 e. The molecule has 7 unspecified atom stereocenters. The average molecular weight is 567 g/mol. The lowest BCUT2D eigenvalue weighted by Crippen LogP contribution is -2.63. The summed E-state index contributed by atoms with van der Waals surface area (Å²) in [7, 11) is 0. The SMILES string of the molecule is CC1O[C@@H](O[C@H]2CCC3(C)C4CC=C5C6CC(C)(C)CC[C@]6(C=O)CC[C@@]5(C)C4(C)CC[C@H]3C2C)C(C)[C@@H](C)[C@@H]1C. The molecule has 0 bridgehead atoms. The van der Waals surface area contributed by atoms with Crippen LogP contribution < -0.4 is 0 Å². The number of fused-ring (bicyclic) bond motifs is 7. The minimum absolute atomic E-state index is 0.0685. The molecule has 0 N–H and O–H groups in total. The van der Waals surface area contributed by atoms with Crippen molar-refractivity contribution in [3.05, 3.63) is 11.6 Å². The van der Waals surface area contributed by atoms with Crippen LogP contribution in [-0.2, 0) is 14.3 Å². The van der Waals surface area contributed by atoms with Gasteiger partial charge in [-0.25, -0.2) is 0 Å². The normalized spacial score (nSPS) is 56.4. The van der Waals surface area contributed by atoms with Crippen LogP contribution in [0.5, 0.6) is 0 Å². The van der Waals surface area contributed by atoms with Gasteiger partial charge in [0.25, 0.3) is 0 Å². The maximum atomic E-state index is 12.7. The van der Waals surface area contributed by atoms with E-state index in [0.29, 0.717) is 63.8 Å². The molecule has 1 saturated heterocycles. The van der Waals surface area contributed by atoms with Crippen molar-refractivity contribution >= 4 is 6.29 Å². The molecule has 232 valence electrons. The van der Waals surface area contributed by atoms with Crippen LogP contribution in [-0.4, -0.2) is 24.8 Å². The molecule has 0 radical (unpaired) electrons. The Morgan fingerprint density at radius 2 is 1.54 bits per heavy atom. The van der Waals surface area contributed by atoms with Crippen molar-refractivity contribution in [2.24, 2.45) is 68.5 Å². The first-order valence-corrected chi connectivity index (χ1v) is 17.6. The molecular weight excluding hydrogens is 504 g/mol. The second-order valence-corrected chi connectivity index (χ2v) is 18.0. The van der Waals surface area contributed by atoms with Crippen molar-refractivity contribution in [1.82, 2.24) is 0 Å². The lowest BCUT2D eigenvalue weighted by Gasteiger charge is -2.70. The van der Waals surface area contributed by atoms with Gasteiger partial charge in [0.05, 0.1) is 12.2 Å². The molecule has 0 spiro atoms. The van der Waals surface area contributed by atoms with E-state index in [4.69, 9.17) is 9.47 Å². The highest BCUT2D eigenvalue weighted by atomic mass is 16.7. The smallest absolute Gasteiger partial charge is 0.161 e. The van der Waals surface area contributed by atoms with E-state index < -0.39 is 0 Å². The molecule has 1 heterocycles. The molecule has 0 aromatic heterocycles. The molecule has 6 rings (SSSR count). The molecule has 3 nitrogen and oxygen atoms in total. The van der Waals surface area contributed by atoms with Crippen molar-refractivity contribution in [1.29, 1.82) is 0 Å². The van der Waals surface area contributed by atoms with Gasteiger partial charge in [-0.1, -0.05) is 74.0 Å². The van der Waals surface area contributed by atoms with Gasteiger partial charge in [0.15, 0.2) is 6.29 Å². The van der Waals surface area contributed by atoms with Crippen LogP contribution in [0.1, 0.15) is 133 Å². The summed E-state index contributed by atoms with van der Waals surface area (Å²) in [6.45, 7) is 24.7. The first kappa shape index (κ1) is 30.4. The summed E-state index contributed by atoms with van der Waals surface area (Å²) in [5.74, 6) is 4.05. The fraction of sp³-hybridized carbons (Fsp3) is 0.921. The number of allylic oxidation sites excluding steroid dienone is 2. The van der Waals surface area contributed by atoms with Gasteiger partial charge in [-0.15, -0.1) is 0 Å². The number of rotatable bonds is 3. The second-order valence-electron chi connectivity index (χ2n) is 18.0. The summed E-state index contributed by atoms with van der Waals surface area (Å²) in [6, 6.07) is 0. The van der Waals surface area contributed by atoms with E-state index in [1.54, 1.807) is 5.57 Å². The van der Waals surface area contributed by atoms with Gasteiger partial charge in [0.1, 0.15) is 6.29 Å². The van der Waals surface area contributed by atoms with E-state index in [-0.39, 0.29) is 23.2 Å². The monoisotopic (exact) mass is 566 g/mol. The Morgan fingerprint density at radius 1 is 0.829 bits per heavy atom. The number of hydrogen-bond donors (Lipinski definition) is 0. The quantitative estimate of drug-likeness (QED) is 0.194. The number of carbonyl (C=O) groups excluding carboxylic acids is 1. The van der Waals surface area contributed by atoms with Crippen LogP contribution in [0.4, 0.5) is 0 Å². The Hall–Kier alpha value is -0.670. The Balaban J connectivity index is 1.26. The van der Waals surface area contributed by atoms with Gasteiger partial charge >= 0.3 is 0 Å². The predicted molar refractivity (Wildman–Crippen MR) is 167 cm³/mol. The van der Waals surface area contributed by atoms with Crippen molar-refractivity contribution in [3.63, 3.8) is 0 Å². The van der Waals surface area contributed by atoms with Crippen LogP contribution in [0.2, 0.25) is 0 Å². The minimum atomic E-state index is -0.111. The number of carbonyl (C=O) groups is 1. The van der Waals surface area contributed by atoms with E-state index in [1.807, 2.05) is 0 Å².